The molecule has 31 heavy (non-hydrogen) atoms. The minimum absolute atomic E-state index is 0.0789. The molecule has 0 spiro atoms. The van der Waals surface area contributed by atoms with E-state index in [1.165, 1.54) is 5.56 Å². The average Bonchev–Trinajstić information content (AvgIpc) is 2.73. The lowest BCUT2D eigenvalue weighted by Crippen LogP contribution is -2.43. The number of nitrogens with one attached hydrogen (secondary N) is 2. The third kappa shape index (κ3) is 6.11. The number of ketones is 1. The standard InChI is InChI=1S/C25H29ClN2O3/c1-25(2)16-18-10-11-20(31-3)14-21(18)22(28-25)15-23(29)17-7-6-8-19(13-17)27-24(30)9-4-5-12-26/h6-8,10-11,13-15,28H,4-5,9,12,16H2,1-3H3,(H,27,30)/b22-15-. The molecule has 0 radical (unpaired) electrons. The van der Waals surface area contributed by atoms with Crippen molar-refractivity contribution in [3.63, 3.8) is 0 Å². The monoisotopic (exact) mass is 440 g/mol. The highest BCUT2D eigenvalue weighted by Gasteiger charge is 2.28. The molecule has 3 rings (SSSR count). The van der Waals surface area contributed by atoms with Crippen molar-refractivity contribution in [1.82, 2.24) is 5.32 Å². The van der Waals surface area contributed by atoms with E-state index in [0.717, 1.165) is 36.3 Å². The minimum Gasteiger partial charge on any atom is -0.497 e. The molecular weight excluding hydrogens is 412 g/mol. The molecule has 164 valence electrons. The van der Waals surface area contributed by atoms with Gasteiger partial charge in [0.25, 0.3) is 0 Å². The third-order valence-electron chi connectivity index (χ3n) is 5.21. The van der Waals surface area contributed by atoms with Gasteiger partial charge in [-0.25, -0.2) is 0 Å². The SMILES string of the molecule is COc1ccc2c(c1)/C(=C/C(=O)c1cccc(NC(=O)CCCCCl)c1)NC(C)(C)C2. The Morgan fingerprint density at radius 2 is 2.00 bits per heavy atom. The van der Waals surface area contributed by atoms with Crippen molar-refractivity contribution < 1.29 is 14.3 Å². The van der Waals surface area contributed by atoms with Gasteiger partial charge in [-0.15, -0.1) is 11.6 Å². The minimum atomic E-state index is -0.174. The molecule has 0 saturated heterocycles. The van der Waals surface area contributed by atoms with Crippen LogP contribution in [0.25, 0.3) is 5.70 Å². The van der Waals surface area contributed by atoms with Crippen LogP contribution in [0.4, 0.5) is 5.69 Å². The molecule has 6 heteroatoms. The van der Waals surface area contributed by atoms with Crippen LogP contribution in [0.3, 0.4) is 0 Å². The van der Waals surface area contributed by atoms with E-state index in [-0.39, 0.29) is 17.2 Å². The van der Waals surface area contributed by atoms with E-state index >= 15 is 0 Å². The number of hydrogen-bond acceptors (Lipinski definition) is 4. The molecule has 0 saturated carbocycles. The third-order valence-corrected chi connectivity index (χ3v) is 5.47. The Bertz CT molecular complexity index is 998. The first kappa shape index (κ1) is 22.9. The zero-order chi connectivity index (χ0) is 22.4. The second kappa shape index (κ2) is 10.0. The molecule has 0 aliphatic carbocycles. The number of fused-ring (bicyclic) bond motifs is 1. The predicted molar refractivity (Wildman–Crippen MR) is 126 cm³/mol. The Labute approximate surface area is 188 Å². The van der Waals surface area contributed by atoms with Gasteiger partial charge in [0, 0.05) is 46.4 Å². The van der Waals surface area contributed by atoms with Crippen LogP contribution < -0.4 is 15.4 Å². The Morgan fingerprint density at radius 1 is 1.19 bits per heavy atom. The quantitative estimate of drug-likeness (QED) is 0.256. The summed E-state index contributed by atoms with van der Waals surface area (Å²) in [5, 5.41) is 6.34. The molecule has 0 bridgehead atoms. The van der Waals surface area contributed by atoms with Crippen molar-refractivity contribution in [3.8, 4) is 5.75 Å². The second-order valence-corrected chi connectivity index (χ2v) is 8.78. The highest BCUT2D eigenvalue weighted by atomic mass is 35.5. The molecule has 1 aliphatic heterocycles. The number of alkyl halides is 1. The number of allylic oxidation sites excluding steroid dienone is 1. The number of halogens is 1. The van der Waals surface area contributed by atoms with Crippen molar-refractivity contribution in [2.24, 2.45) is 0 Å². The van der Waals surface area contributed by atoms with Crippen LogP contribution in [-0.4, -0.2) is 30.2 Å². The van der Waals surface area contributed by atoms with E-state index in [4.69, 9.17) is 16.3 Å². The Balaban J connectivity index is 1.83. The fourth-order valence-corrected chi connectivity index (χ4v) is 3.91. The molecule has 5 nitrogen and oxygen atoms in total. The van der Waals surface area contributed by atoms with Crippen LogP contribution in [0.5, 0.6) is 5.75 Å². The van der Waals surface area contributed by atoms with Crippen LogP contribution in [0, 0.1) is 0 Å². The van der Waals surface area contributed by atoms with Crippen LogP contribution >= 0.6 is 11.6 Å². The van der Waals surface area contributed by atoms with E-state index in [2.05, 4.69) is 30.5 Å². The number of anilines is 1. The van der Waals surface area contributed by atoms with Gasteiger partial charge in [-0.3, -0.25) is 9.59 Å². The Hall–Kier alpha value is -2.79. The largest absolute Gasteiger partial charge is 0.497 e. The molecule has 2 N–H and O–H groups in total. The van der Waals surface area contributed by atoms with Crippen LogP contribution in [0.2, 0.25) is 0 Å². The van der Waals surface area contributed by atoms with Gasteiger partial charge in [-0.1, -0.05) is 18.2 Å². The number of rotatable bonds is 8. The smallest absolute Gasteiger partial charge is 0.224 e. The first-order valence-corrected chi connectivity index (χ1v) is 11.0. The molecule has 2 aromatic carbocycles. The van der Waals surface area contributed by atoms with Crippen molar-refractivity contribution in [2.45, 2.75) is 45.1 Å². The van der Waals surface area contributed by atoms with Gasteiger partial charge >= 0.3 is 0 Å². The summed E-state index contributed by atoms with van der Waals surface area (Å²) in [5.41, 5.74) is 3.86. The molecule has 1 heterocycles. The summed E-state index contributed by atoms with van der Waals surface area (Å²) in [6, 6.07) is 13.0. The zero-order valence-electron chi connectivity index (χ0n) is 18.3. The van der Waals surface area contributed by atoms with Gasteiger partial charge < -0.3 is 15.4 Å². The second-order valence-electron chi connectivity index (χ2n) is 8.41. The maximum atomic E-state index is 13.1. The van der Waals surface area contributed by atoms with Gasteiger partial charge in [0.15, 0.2) is 5.78 Å². The molecular formula is C25H29ClN2O3. The summed E-state index contributed by atoms with van der Waals surface area (Å²) < 4.78 is 5.37. The number of amides is 1. The highest BCUT2D eigenvalue weighted by molar-refractivity contribution is 6.17. The Kier molecular flexibility index (Phi) is 7.39. The van der Waals surface area contributed by atoms with E-state index < -0.39 is 0 Å². The summed E-state index contributed by atoms with van der Waals surface area (Å²) in [7, 11) is 1.63. The molecule has 1 amide bonds. The summed E-state index contributed by atoms with van der Waals surface area (Å²) in [6.45, 7) is 4.22. The van der Waals surface area contributed by atoms with E-state index in [1.54, 1.807) is 37.5 Å². The van der Waals surface area contributed by atoms with E-state index in [9.17, 15) is 9.59 Å². The van der Waals surface area contributed by atoms with Gasteiger partial charge in [0.05, 0.1) is 7.11 Å². The highest BCUT2D eigenvalue weighted by Crippen LogP contribution is 2.32. The number of unbranched alkanes of at least 4 members (excludes halogenated alkanes) is 1. The molecule has 0 fully saturated rings. The number of carbonyl (C=O) groups is 2. The van der Waals surface area contributed by atoms with Gasteiger partial charge in [0.1, 0.15) is 5.75 Å². The number of carbonyl (C=O) groups excluding carboxylic acids is 2. The number of methoxy groups -OCH3 is 1. The summed E-state index contributed by atoms with van der Waals surface area (Å²) in [6.07, 6.45) is 4.43. The molecule has 2 aromatic rings. The maximum Gasteiger partial charge on any atom is 0.224 e. The number of ether oxygens (including phenoxy) is 1. The molecule has 0 atom stereocenters. The topological polar surface area (TPSA) is 67.4 Å². The number of hydrogen-bond donors (Lipinski definition) is 2. The summed E-state index contributed by atoms with van der Waals surface area (Å²) >= 11 is 5.66. The summed E-state index contributed by atoms with van der Waals surface area (Å²) in [4.78, 5) is 25.1. The molecule has 0 unspecified atom stereocenters. The predicted octanol–water partition coefficient (Wildman–Crippen LogP) is 5.19. The van der Waals surface area contributed by atoms with Crippen LogP contribution in [-0.2, 0) is 11.2 Å². The van der Waals surface area contributed by atoms with Crippen molar-refractivity contribution in [2.75, 3.05) is 18.3 Å². The summed E-state index contributed by atoms with van der Waals surface area (Å²) in [5.74, 6) is 1.08. The first-order chi connectivity index (χ1) is 14.8. The van der Waals surface area contributed by atoms with E-state index in [0.29, 0.717) is 23.6 Å². The normalized spacial score (nSPS) is 15.7. The van der Waals surface area contributed by atoms with Crippen LogP contribution in [0.15, 0.2) is 48.5 Å². The van der Waals surface area contributed by atoms with Crippen LogP contribution in [0.1, 0.15) is 54.6 Å². The fraction of sp³-hybridized carbons (Fsp3) is 0.360. The lowest BCUT2D eigenvalue weighted by atomic mass is 9.85. The van der Waals surface area contributed by atoms with Crippen molar-refractivity contribution >= 4 is 34.7 Å². The van der Waals surface area contributed by atoms with E-state index in [1.807, 2.05) is 12.1 Å². The van der Waals surface area contributed by atoms with Crippen molar-refractivity contribution in [1.29, 1.82) is 0 Å². The lowest BCUT2D eigenvalue weighted by molar-refractivity contribution is -0.116. The van der Waals surface area contributed by atoms with Gasteiger partial charge in [-0.05, 0) is 62.9 Å². The molecule has 1 aliphatic rings. The Morgan fingerprint density at radius 3 is 2.74 bits per heavy atom. The fourth-order valence-electron chi connectivity index (χ4n) is 3.72. The molecule has 0 aromatic heterocycles. The lowest BCUT2D eigenvalue weighted by Gasteiger charge is -2.35. The van der Waals surface area contributed by atoms with Gasteiger partial charge in [-0.2, -0.15) is 0 Å². The zero-order valence-corrected chi connectivity index (χ0v) is 19.0. The first-order valence-electron chi connectivity index (χ1n) is 10.5. The maximum absolute atomic E-state index is 13.1. The number of benzene rings is 2. The van der Waals surface area contributed by atoms with Gasteiger partial charge in [0.2, 0.25) is 5.91 Å². The average molecular weight is 441 g/mol. The van der Waals surface area contributed by atoms with Crippen molar-refractivity contribution in [3.05, 3.63) is 65.2 Å².